The summed E-state index contributed by atoms with van der Waals surface area (Å²) in [4.78, 5) is 26.1. The molecule has 0 aliphatic heterocycles. The van der Waals surface area contributed by atoms with Crippen LogP contribution in [0.2, 0.25) is 0 Å². The van der Waals surface area contributed by atoms with E-state index >= 15 is 0 Å². The standard InChI is InChI=1S/C53H95NO5/c1-4-7-10-13-16-19-22-25-26-28-31-34-37-40-43-46-53(58)59-49(44-41-38-35-32-29-24-21-18-15-12-9-6-3)47-52(57)54-50(48-55)51(56)45-42-39-36-33-30-27-23-20-17-14-11-8-5-2/h7,10,13,16,19,22,25-26,32,35,49-51,55-56H,4-6,8-9,11-12,14-15,17-18,20-21,23-24,27-31,33-34,36-48H2,1-3H3,(H,54,57)/b10-7+,16-13+,22-19+,26-25-,35-32-. The van der Waals surface area contributed by atoms with Gasteiger partial charge in [-0.3, -0.25) is 9.59 Å². The number of esters is 1. The number of unbranched alkanes of at least 4 members (excludes halogenated alkanes) is 25. The number of amides is 1. The summed E-state index contributed by atoms with van der Waals surface area (Å²) >= 11 is 0. The van der Waals surface area contributed by atoms with Crippen molar-refractivity contribution in [1.29, 1.82) is 0 Å². The summed E-state index contributed by atoms with van der Waals surface area (Å²) < 4.78 is 5.90. The fourth-order valence-corrected chi connectivity index (χ4v) is 7.38. The van der Waals surface area contributed by atoms with Crippen LogP contribution in [0.4, 0.5) is 0 Å². The lowest BCUT2D eigenvalue weighted by Crippen LogP contribution is -2.46. The summed E-state index contributed by atoms with van der Waals surface area (Å²) in [5, 5.41) is 23.7. The first kappa shape index (κ1) is 56.6. The summed E-state index contributed by atoms with van der Waals surface area (Å²) in [5.74, 6) is -0.529. The predicted octanol–water partition coefficient (Wildman–Crippen LogP) is 14.8. The molecule has 0 saturated carbocycles. The molecular weight excluding hydrogens is 731 g/mol. The topological polar surface area (TPSA) is 95.9 Å². The van der Waals surface area contributed by atoms with Gasteiger partial charge in [0.05, 0.1) is 25.2 Å². The molecule has 0 aromatic carbocycles. The van der Waals surface area contributed by atoms with E-state index in [1.807, 2.05) is 18.2 Å². The first-order chi connectivity index (χ1) is 29.0. The second-order valence-electron chi connectivity index (χ2n) is 16.9. The number of nitrogens with one attached hydrogen (secondary N) is 1. The lowest BCUT2D eigenvalue weighted by molar-refractivity contribution is -0.151. The Bertz CT molecular complexity index is 1060. The third-order valence-electron chi connectivity index (χ3n) is 11.2. The number of ether oxygens (including phenoxy) is 1. The summed E-state index contributed by atoms with van der Waals surface area (Å²) in [7, 11) is 0. The molecule has 0 fully saturated rings. The van der Waals surface area contributed by atoms with Crippen molar-refractivity contribution in [1.82, 2.24) is 5.32 Å². The van der Waals surface area contributed by atoms with Crippen molar-refractivity contribution >= 4 is 11.9 Å². The van der Waals surface area contributed by atoms with Crippen molar-refractivity contribution in [2.24, 2.45) is 0 Å². The van der Waals surface area contributed by atoms with E-state index in [1.54, 1.807) is 0 Å². The third kappa shape index (κ3) is 42.1. The summed E-state index contributed by atoms with van der Waals surface area (Å²) in [5.41, 5.74) is 0. The van der Waals surface area contributed by atoms with E-state index in [4.69, 9.17) is 4.74 Å². The number of aliphatic hydroxyl groups is 2. The van der Waals surface area contributed by atoms with Crippen LogP contribution >= 0.6 is 0 Å². The average Bonchev–Trinajstić information content (AvgIpc) is 3.23. The molecule has 0 spiro atoms. The molecule has 0 radical (unpaired) electrons. The lowest BCUT2D eigenvalue weighted by Gasteiger charge is -2.24. The largest absolute Gasteiger partial charge is 0.462 e. The molecule has 3 atom stereocenters. The molecule has 0 rings (SSSR count). The van der Waals surface area contributed by atoms with E-state index in [0.717, 1.165) is 83.5 Å². The summed E-state index contributed by atoms with van der Waals surface area (Å²) in [6.45, 7) is 6.32. The number of carbonyl (C=O) groups excluding carboxylic acids is 2. The van der Waals surface area contributed by atoms with Crippen LogP contribution in [-0.2, 0) is 14.3 Å². The summed E-state index contributed by atoms with van der Waals surface area (Å²) in [6.07, 6.45) is 57.1. The Morgan fingerprint density at radius 1 is 0.508 bits per heavy atom. The van der Waals surface area contributed by atoms with Crippen LogP contribution in [0.3, 0.4) is 0 Å². The van der Waals surface area contributed by atoms with Crippen molar-refractivity contribution < 1.29 is 24.5 Å². The van der Waals surface area contributed by atoms with E-state index in [-0.39, 0.29) is 24.9 Å². The Hall–Kier alpha value is -2.44. The van der Waals surface area contributed by atoms with Gasteiger partial charge in [-0.15, -0.1) is 0 Å². The van der Waals surface area contributed by atoms with Crippen LogP contribution in [0, 0.1) is 0 Å². The monoisotopic (exact) mass is 826 g/mol. The molecule has 0 aliphatic rings. The van der Waals surface area contributed by atoms with Gasteiger partial charge in [0, 0.05) is 6.42 Å². The molecule has 59 heavy (non-hydrogen) atoms. The second-order valence-corrected chi connectivity index (χ2v) is 16.9. The van der Waals surface area contributed by atoms with Crippen LogP contribution in [0.5, 0.6) is 0 Å². The van der Waals surface area contributed by atoms with Crippen LogP contribution in [-0.4, -0.2) is 46.9 Å². The smallest absolute Gasteiger partial charge is 0.306 e. The molecule has 0 saturated heterocycles. The van der Waals surface area contributed by atoms with Crippen LogP contribution in [0.25, 0.3) is 0 Å². The number of hydrogen-bond acceptors (Lipinski definition) is 5. The quantitative estimate of drug-likeness (QED) is 0.0246. The minimum Gasteiger partial charge on any atom is -0.462 e. The van der Waals surface area contributed by atoms with Crippen molar-refractivity contribution in [3.63, 3.8) is 0 Å². The molecule has 3 unspecified atom stereocenters. The zero-order chi connectivity index (χ0) is 43.1. The third-order valence-corrected chi connectivity index (χ3v) is 11.2. The second kappa shape index (κ2) is 46.6. The molecule has 0 aromatic heterocycles. The zero-order valence-electron chi connectivity index (χ0n) is 38.9. The van der Waals surface area contributed by atoms with Crippen LogP contribution < -0.4 is 5.32 Å². The van der Waals surface area contributed by atoms with E-state index < -0.39 is 18.2 Å². The Labute approximate surface area is 365 Å². The summed E-state index contributed by atoms with van der Waals surface area (Å²) in [6, 6.07) is -0.715. The van der Waals surface area contributed by atoms with Gasteiger partial charge >= 0.3 is 5.97 Å². The number of carbonyl (C=O) groups is 2. The van der Waals surface area contributed by atoms with Gasteiger partial charge < -0.3 is 20.3 Å². The maximum atomic E-state index is 13.2. The van der Waals surface area contributed by atoms with Gasteiger partial charge in [-0.2, -0.15) is 0 Å². The highest BCUT2D eigenvalue weighted by Crippen LogP contribution is 2.17. The van der Waals surface area contributed by atoms with E-state index in [1.165, 1.54) is 109 Å². The number of aliphatic hydroxyl groups excluding tert-OH is 2. The van der Waals surface area contributed by atoms with Crippen molar-refractivity contribution in [2.45, 2.75) is 257 Å². The first-order valence-electron chi connectivity index (χ1n) is 25.1. The Balaban J connectivity index is 4.63. The molecule has 0 aliphatic carbocycles. The SMILES string of the molecule is CC/C=C/C=C/C=C/C=C\CCCCCCCC(=O)OC(CCC/C=C\CCCCCCCCC)CC(=O)NC(CO)C(O)CCCCCCCCCCCCCCC. The van der Waals surface area contributed by atoms with E-state index in [0.29, 0.717) is 19.3 Å². The van der Waals surface area contributed by atoms with Gasteiger partial charge in [0.2, 0.25) is 5.91 Å². The minimum absolute atomic E-state index is 0.0460. The highest BCUT2D eigenvalue weighted by molar-refractivity contribution is 5.77. The molecular formula is C53H95NO5. The first-order valence-corrected chi connectivity index (χ1v) is 25.1. The molecule has 6 nitrogen and oxygen atoms in total. The normalized spacial score (nSPS) is 13.8. The molecule has 0 heterocycles. The van der Waals surface area contributed by atoms with Gasteiger partial charge in [-0.25, -0.2) is 0 Å². The fourth-order valence-electron chi connectivity index (χ4n) is 7.38. The van der Waals surface area contributed by atoms with Crippen molar-refractivity contribution in [3.05, 3.63) is 60.8 Å². The molecule has 1 amide bonds. The van der Waals surface area contributed by atoms with Gasteiger partial charge in [0.15, 0.2) is 0 Å². The highest BCUT2D eigenvalue weighted by Gasteiger charge is 2.24. The van der Waals surface area contributed by atoms with Gasteiger partial charge in [-0.1, -0.05) is 223 Å². The van der Waals surface area contributed by atoms with Gasteiger partial charge in [0.1, 0.15) is 6.10 Å². The van der Waals surface area contributed by atoms with Crippen LogP contribution in [0.15, 0.2) is 60.8 Å². The molecule has 0 bridgehead atoms. The number of rotatable bonds is 44. The minimum atomic E-state index is -0.799. The molecule has 6 heteroatoms. The highest BCUT2D eigenvalue weighted by atomic mass is 16.5. The average molecular weight is 826 g/mol. The van der Waals surface area contributed by atoms with Gasteiger partial charge in [0.25, 0.3) is 0 Å². The maximum Gasteiger partial charge on any atom is 0.306 e. The van der Waals surface area contributed by atoms with Crippen molar-refractivity contribution in [2.75, 3.05) is 6.61 Å². The number of allylic oxidation sites excluding steroid dienone is 10. The van der Waals surface area contributed by atoms with Crippen molar-refractivity contribution in [3.8, 4) is 0 Å². The fraction of sp³-hybridized carbons (Fsp3) is 0.774. The Kier molecular flexibility index (Phi) is 44.7. The van der Waals surface area contributed by atoms with E-state index in [9.17, 15) is 19.8 Å². The lowest BCUT2D eigenvalue weighted by atomic mass is 10.0. The maximum absolute atomic E-state index is 13.2. The Morgan fingerprint density at radius 3 is 1.47 bits per heavy atom. The molecule has 342 valence electrons. The van der Waals surface area contributed by atoms with Gasteiger partial charge in [-0.05, 0) is 64.2 Å². The van der Waals surface area contributed by atoms with Crippen LogP contribution in [0.1, 0.15) is 239 Å². The Morgan fingerprint density at radius 2 is 0.949 bits per heavy atom. The molecule has 3 N–H and O–H groups in total. The van der Waals surface area contributed by atoms with E-state index in [2.05, 4.69) is 68.6 Å². The predicted molar refractivity (Wildman–Crippen MR) is 255 cm³/mol. The molecule has 0 aromatic rings. The zero-order valence-corrected chi connectivity index (χ0v) is 38.9. The number of hydrogen-bond donors (Lipinski definition) is 3.